The summed E-state index contributed by atoms with van der Waals surface area (Å²) in [5.41, 5.74) is -1.31. The van der Waals surface area contributed by atoms with Gasteiger partial charge in [-0.1, -0.05) is 13.8 Å². The number of halogens is 4. The number of benzene rings is 2. The summed E-state index contributed by atoms with van der Waals surface area (Å²) in [6.07, 6.45) is -4.14. The molecule has 2 aliphatic heterocycles. The Bertz CT molecular complexity index is 1500. The van der Waals surface area contributed by atoms with E-state index in [4.69, 9.17) is 0 Å². The molecule has 0 bridgehead atoms. The van der Waals surface area contributed by atoms with Crippen LogP contribution in [0.15, 0.2) is 42.5 Å². The van der Waals surface area contributed by atoms with Gasteiger partial charge in [-0.3, -0.25) is 14.4 Å². The molecular weight excluding hydrogens is 572 g/mol. The van der Waals surface area contributed by atoms with Crippen molar-refractivity contribution in [2.75, 3.05) is 31.7 Å². The second-order valence-corrected chi connectivity index (χ2v) is 11.1. The summed E-state index contributed by atoms with van der Waals surface area (Å²) in [5.74, 6) is -2.79. The van der Waals surface area contributed by atoms with Crippen LogP contribution < -0.4 is 10.2 Å². The van der Waals surface area contributed by atoms with Gasteiger partial charge in [-0.15, -0.1) is 10.2 Å². The number of rotatable bonds is 6. The lowest BCUT2D eigenvalue weighted by molar-refractivity contribution is -0.139. The predicted molar refractivity (Wildman–Crippen MR) is 146 cm³/mol. The molecule has 228 valence electrons. The van der Waals surface area contributed by atoms with Crippen molar-refractivity contribution >= 4 is 23.4 Å². The van der Waals surface area contributed by atoms with E-state index >= 15 is 0 Å². The maximum Gasteiger partial charge on any atom is 0.416 e. The molecule has 11 nitrogen and oxygen atoms in total. The van der Waals surface area contributed by atoms with E-state index in [9.17, 15) is 31.9 Å². The van der Waals surface area contributed by atoms with E-state index in [1.165, 1.54) is 4.90 Å². The minimum Gasteiger partial charge on any atom is -0.341 e. The number of H-pyrrole nitrogens is 1. The number of likely N-dealkylation sites (N-methyl/N-ethyl adjacent to an activating group) is 1. The summed E-state index contributed by atoms with van der Waals surface area (Å²) in [4.78, 5) is 45.1. The van der Waals surface area contributed by atoms with E-state index in [2.05, 4.69) is 25.9 Å². The second kappa shape index (κ2) is 11.3. The number of nitrogens with one attached hydrogen (secondary N) is 2. The minimum atomic E-state index is -4.77. The standard InChI is InChI=1S/C28H30F4N8O3/c1-16(2)22(33-24(41)20-14-18(28(30,31)32)6-9-21(20)29)25(42)39-12-10-27(11-13-39)26(43)38(3)15-40(27)19-7-4-17(5-8-19)23-34-36-37-35-23/h4-9,14,16,22H,10-13,15H2,1-3H3,(H,33,41)(H,34,35,36,37). The third kappa shape index (κ3) is 5.62. The Morgan fingerprint density at radius 1 is 1.07 bits per heavy atom. The van der Waals surface area contributed by atoms with Crippen molar-refractivity contribution < 1.29 is 31.9 Å². The lowest BCUT2D eigenvalue weighted by Crippen LogP contribution is -2.60. The van der Waals surface area contributed by atoms with Crippen molar-refractivity contribution in [3.63, 3.8) is 0 Å². The SMILES string of the molecule is CC(C)C(NC(=O)c1cc(C(F)(F)F)ccc1F)C(=O)N1CCC2(CC1)C(=O)N(C)CN2c1ccc(-c2nn[nH]n2)cc1. The first-order valence-electron chi connectivity index (χ1n) is 13.7. The Labute approximate surface area is 244 Å². The number of piperidine rings is 1. The van der Waals surface area contributed by atoms with Crippen LogP contribution in [0, 0.1) is 11.7 Å². The van der Waals surface area contributed by atoms with Crippen molar-refractivity contribution in [1.82, 2.24) is 35.7 Å². The molecule has 1 spiro atoms. The van der Waals surface area contributed by atoms with Crippen LogP contribution >= 0.6 is 0 Å². The molecule has 2 saturated heterocycles. The number of anilines is 1. The Morgan fingerprint density at radius 3 is 2.33 bits per heavy atom. The Hall–Kier alpha value is -4.56. The molecule has 3 aromatic rings. The van der Waals surface area contributed by atoms with Crippen molar-refractivity contribution in [2.45, 2.75) is 44.4 Å². The molecule has 2 aliphatic rings. The van der Waals surface area contributed by atoms with E-state index in [0.717, 1.165) is 11.3 Å². The van der Waals surface area contributed by atoms with E-state index in [-0.39, 0.29) is 19.0 Å². The average molecular weight is 603 g/mol. The highest BCUT2D eigenvalue weighted by Gasteiger charge is 2.53. The van der Waals surface area contributed by atoms with Gasteiger partial charge in [0.15, 0.2) is 0 Å². The van der Waals surface area contributed by atoms with E-state index < -0.39 is 52.4 Å². The highest BCUT2D eigenvalue weighted by atomic mass is 19.4. The molecule has 5 rings (SSSR count). The van der Waals surface area contributed by atoms with Crippen LogP contribution in [0.3, 0.4) is 0 Å². The summed E-state index contributed by atoms with van der Waals surface area (Å²) in [6, 6.07) is 7.84. The quantitative estimate of drug-likeness (QED) is 0.415. The fourth-order valence-corrected chi connectivity index (χ4v) is 5.67. The van der Waals surface area contributed by atoms with Crippen LogP contribution in [0.1, 0.15) is 42.6 Å². The van der Waals surface area contributed by atoms with Crippen molar-refractivity contribution in [1.29, 1.82) is 0 Å². The topological polar surface area (TPSA) is 127 Å². The van der Waals surface area contributed by atoms with Gasteiger partial charge in [-0.05, 0) is 66.4 Å². The van der Waals surface area contributed by atoms with Gasteiger partial charge >= 0.3 is 6.18 Å². The fourth-order valence-electron chi connectivity index (χ4n) is 5.67. The molecule has 2 N–H and O–H groups in total. The summed E-state index contributed by atoms with van der Waals surface area (Å²) in [7, 11) is 1.71. The van der Waals surface area contributed by atoms with Gasteiger partial charge in [0.05, 0.1) is 17.8 Å². The van der Waals surface area contributed by atoms with Crippen LogP contribution in [0.4, 0.5) is 23.2 Å². The normalized spacial score (nSPS) is 17.6. The van der Waals surface area contributed by atoms with Crippen LogP contribution in [0.5, 0.6) is 0 Å². The number of tetrazole rings is 1. The number of likely N-dealkylation sites (tertiary alicyclic amines) is 1. The number of hydrogen-bond acceptors (Lipinski definition) is 7. The predicted octanol–water partition coefficient (Wildman–Crippen LogP) is 3.08. The maximum absolute atomic E-state index is 14.3. The molecule has 43 heavy (non-hydrogen) atoms. The molecule has 1 atom stereocenters. The van der Waals surface area contributed by atoms with Crippen LogP contribution in [-0.4, -0.2) is 86.5 Å². The summed E-state index contributed by atoms with van der Waals surface area (Å²) in [5, 5.41) is 16.4. The maximum atomic E-state index is 14.3. The van der Waals surface area contributed by atoms with Gasteiger partial charge in [0, 0.05) is 31.4 Å². The van der Waals surface area contributed by atoms with Crippen LogP contribution in [0.2, 0.25) is 0 Å². The lowest BCUT2D eigenvalue weighted by atomic mass is 9.85. The average Bonchev–Trinajstić information content (AvgIpc) is 3.59. The Balaban J connectivity index is 1.31. The van der Waals surface area contributed by atoms with E-state index in [1.54, 1.807) is 25.8 Å². The van der Waals surface area contributed by atoms with Gasteiger partial charge in [0.2, 0.25) is 17.6 Å². The first-order chi connectivity index (χ1) is 20.3. The first-order valence-corrected chi connectivity index (χ1v) is 13.7. The number of aromatic nitrogens is 4. The summed E-state index contributed by atoms with van der Waals surface area (Å²) in [6.45, 7) is 4.10. The zero-order valence-electron chi connectivity index (χ0n) is 23.7. The van der Waals surface area contributed by atoms with Crippen molar-refractivity contribution in [3.05, 3.63) is 59.4 Å². The fraction of sp³-hybridized carbons (Fsp3) is 0.429. The molecule has 15 heteroatoms. The van der Waals surface area contributed by atoms with Gasteiger partial charge in [-0.2, -0.15) is 18.4 Å². The molecule has 0 saturated carbocycles. The largest absolute Gasteiger partial charge is 0.416 e. The van der Waals surface area contributed by atoms with Crippen LogP contribution in [0.25, 0.3) is 11.4 Å². The number of carbonyl (C=O) groups excluding carboxylic acids is 3. The molecule has 2 aromatic carbocycles. The van der Waals surface area contributed by atoms with Gasteiger partial charge in [0.25, 0.3) is 5.91 Å². The zero-order valence-corrected chi connectivity index (χ0v) is 23.7. The van der Waals surface area contributed by atoms with E-state index in [0.29, 0.717) is 43.5 Å². The highest BCUT2D eigenvalue weighted by molar-refractivity contribution is 5.98. The Morgan fingerprint density at radius 2 is 1.74 bits per heavy atom. The molecule has 1 unspecified atom stereocenters. The summed E-state index contributed by atoms with van der Waals surface area (Å²) < 4.78 is 53.8. The van der Waals surface area contributed by atoms with Gasteiger partial charge in [-0.25, -0.2) is 4.39 Å². The number of carbonyl (C=O) groups is 3. The number of hydrogen-bond donors (Lipinski definition) is 2. The number of aromatic amines is 1. The highest BCUT2D eigenvalue weighted by Crippen LogP contribution is 2.39. The van der Waals surface area contributed by atoms with Crippen molar-refractivity contribution in [3.8, 4) is 11.4 Å². The van der Waals surface area contributed by atoms with Gasteiger partial charge in [0.1, 0.15) is 17.4 Å². The minimum absolute atomic E-state index is 0.0735. The van der Waals surface area contributed by atoms with Crippen molar-refractivity contribution in [2.24, 2.45) is 5.92 Å². The number of alkyl halides is 3. The molecule has 0 aliphatic carbocycles. The van der Waals surface area contributed by atoms with Crippen LogP contribution in [-0.2, 0) is 15.8 Å². The first kappa shape index (κ1) is 29.9. The molecule has 0 radical (unpaired) electrons. The molecular formula is C28H30F4N8O3. The third-order valence-corrected chi connectivity index (χ3v) is 8.06. The Kier molecular flexibility index (Phi) is 7.84. The lowest BCUT2D eigenvalue weighted by Gasteiger charge is -2.44. The molecule has 3 amide bonds. The number of nitrogens with zero attached hydrogens (tertiary/aromatic N) is 6. The zero-order chi connectivity index (χ0) is 31.1. The molecule has 3 heterocycles. The smallest absolute Gasteiger partial charge is 0.341 e. The number of amides is 3. The molecule has 1 aromatic heterocycles. The van der Waals surface area contributed by atoms with Gasteiger partial charge < -0.3 is 20.0 Å². The third-order valence-electron chi connectivity index (χ3n) is 8.06. The summed E-state index contributed by atoms with van der Waals surface area (Å²) >= 11 is 0. The van der Waals surface area contributed by atoms with E-state index in [1.807, 2.05) is 29.2 Å². The second-order valence-electron chi connectivity index (χ2n) is 11.1. The monoisotopic (exact) mass is 602 g/mol. The molecule has 2 fully saturated rings.